The van der Waals surface area contributed by atoms with Gasteiger partial charge in [-0.05, 0) is 25.2 Å². The smallest absolute Gasteiger partial charge is 0.233 e. The van der Waals surface area contributed by atoms with Crippen molar-refractivity contribution in [2.45, 2.75) is 31.5 Å². The maximum atomic E-state index is 12.5. The molecule has 5 heteroatoms. The molecule has 0 aliphatic carbocycles. The number of aromatic nitrogens is 1. The summed E-state index contributed by atoms with van der Waals surface area (Å²) in [7, 11) is 0. The quantitative estimate of drug-likeness (QED) is 0.740. The first kappa shape index (κ1) is 17.5. The molecule has 1 aromatic carbocycles. The molecule has 1 fully saturated rings. The number of carbonyl (C=O) groups excluding carboxylic acids is 1. The minimum absolute atomic E-state index is 0.241. The number of hydrogen-bond donors (Lipinski definition) is 0. The molecule has 0 spiro atoms. The molecule has 2 aromatic rings. The molecule has 0 radical (unpaired) electrons. The highest BCUT2D eigenvalue weighted by molar-refractivity contribution is 8.01. The van der Waals surface area contributed by atoms with Gasteiger partial charge in [0.1, 0.15) is 0 Å². The van der Waals surface area contributed by atoms with Crippen LogP contribution in [0.2, 0.25) is 0 Å². The van der Waals surface area contributed by atoms with Crippen molar-refractivity contribution in [1.82, 2.24) is 9.88 Å². The lowest BCUT2D eigenvalue weighted by molar-refractivity contribution is -0.130. The summed E-state index contributed by atoms with van der Waals surface area (Å²) >= 11 is 3.18. The minimum atomic E-state index is 0.241. The van der Waals surface area contributed by atoms with Crippen LogP contribution in [0.3, 0.4) is 0 Å². The third-order valence-corrected chi connectivity index (χ3v) is 6.38. The minimum Gasteiger partial charge on any atom is -0.341 e. The SMILES string of the molecule is Cc1ccc(-c2csc(SCC(=O)N3CC(C)CC(C)C3)n2)cc1. The van der Waals surface area contributed by atoms with Gasteiger partial charge in [-0.15, -0.1) is 11.3 Å². The molecular weight excluding hydrogens is 336 g/mol. The van der Waals surface area contributed by atoms with Crippen molar-refractivity contribution in [3.63, 3.8) is 0 Å². The largest absolute Gasteiger partial charge is 0.341 e. The third-order valence-electron chi connectivity index (χ3n) is 4.37. The van der Waals surface area contributed by atoms with Gasteiger partial charge in [0.05, 0.1) is 11.4 Å². The van der Waals surface area contributed by atoms with Crippen LogP contribution < -0.4 is 0 Å². The van der Waals surface area contributed by atoms with Gasteiger partial charge >= 0.3 is 0 Å². The molecule has 0 bridgehead atoms. The van der Waals surface area contributed by atoms with Crippen LogP contribution in [0.4, 0.5) is 0 Å². The molecule has 2 unspecified atom stereocenters. The number of rotatable bonds is 4. The molecule has 3 nitrogen and oxygen atoms in total. The van der Waals surface area contributed by atoms with Crippen LogP contribution >= 0.6 is 23.1 Å². The van der Waals surface area contributed by atoms with Crippen LogP contribution in [0.1, 0.15) is 25.8 Å². The van der Waals surface area contributed by atoms with Gasteiger partial charge in [0.15, 0.2) is 4.34 Å². The van der Waals surface area contributed by atoms with E-state index in [1.165, 1.54) is 12.0 Å². The van der Waals surface area contributed by atoms with Crippen LogP contribution in [0.15, 0.2) is 34.0 Å². The second-order valence-corrected chi connectivity index (χ2v) is 8.98. The van der Waals surface area contributed by atoms with E-state index in [1.54, 1.807) is 23.1 Å². The number of piperidine rings is 1. The van der Waals surface area contributed by atoms with Crippen LogP contribution in [-0.2, 0) is 4.79 Å². The molecule has 128 valence electrons. The van der Waals surface area contributed by atoms with E-state index in [1.807, 2.05) is 4.90 Å². The van der Waals surface area contributed by atoms with Crippen molar-refractivity contribution >= 4 is 29.0 Å². The number of hydrogen-bond acceptors (Lipinski definition) is 4. The Kier molecular flexibility index (Phi) is 5.61. The summed E-state index contributed by atoms with van der Waals surface area (Å²) in [6.07, 6.45) is 1.23. The van der Waals surface area contributed by atoms with Gasteiger partial charge in [0, 0.05) is 24.0 Å². The van der Waals surface area contributed by atoms with Gasteiger partial charge in [-0.25, -0.2) is 4.98 Å². The number of benzene rings is 1. The van der Waals surface area contributed by atoms with Gasteiger partial charge in [0.25, 0.3) is 0 Å². The van der Waals surface area contributed by atoms with Crippen LogP contribution in [-0.4, -0.2) is 34.6 Å². The Morgan fingerprint density at radius 3 is 2.58 bits per heavy atom. The monoisotopic (exact) mass is 360 g/mol. The molecule has 0 saturated carbocycles. The van der Waals surface area contributed by atoms with Gasteiger partial charge in [-0.2, -0.15) is 0 Å². The van der Waals surface area contributed by atoms with Gasteiger partial charge in [-0.1, -0.05) is 55.4 Å². The molecule has 1 aliphatic rings. The molecule has 1 saturated heterocycles. The van der Waals surface area contributed by atoms with Crippen molar-refractivity contribution in [1.29, 1.82) is 0 Å². The fourth-order valence-corrected chi connectivity index (χ4v) is 5.00. The third kappa shape index (κ3) is 4.39. The van der Waals surface area contributed by atoms with E-state index in [9.17, 15) is 4.79 Å². The maximum Gasteiger partial charge on any atom is 0.233 e. The maximum absolute atomic E-state index is 12.5. The topological polar surface area (TPSA) is 33.2 Å². The van der Waals surface area contributed by atoms with E-state index in [4.69, 9.17) is 0 Å². The van der Waals surface area contributed by atoms with E-state index in [0.717, 1.165) is 28.7 Å². The van der Waals surface area contributed by atoms with Crippen LogP contribution in [0, 0.1) is 18.8 Å². The lowest BCUT2D eigenvalue weighted by Crippen LogP contribution is -2.43. The predicted octanol–water partition coefficient (Wildman–Crippen LogP) is 4.72. The Labute approximate surface area is 152 Å². The zero-order valence-electron chi connectivity index (χ0n) is 14.5. The first-order chi connectivity index (χ1) is 11.5. The number of amides is 1. The average molecular weight is 361 g/mol. The Hall–Kier alpha value is -1.33. The Balaban J connectivity index is 1.57. The highest BCUT2D eigenvalue weighted by Gasteiger charge is 2.25. The van der Waals surface area contributed by atoms with E-state index in [-0.39, 0.29) is 5.91 Å². The Morgan fingerprint density at radius 1 is 1.25 bits per heavy atom. The predicted molar refractivity (Wildman–Crippen MR) is 103 cm³/mol. The highest BCUT2D eigenvalue weighted by atomic mass is 32.2. The Morgan fingerprint density at radius 2 is 1.92 bits per heavy atom. The first-order valence-corrected chi connectivity index (χ1v) is 10.3. The fraction of sp³-hybridized carbons (Fsp3) is 0.474. The molecule has 2 heterocycles. The number of aryl methyl sites for hydroxylation is 1. The second-order valence-electron chi connectivity index (χ2n) is 6.90. The molecule has 1 aromatic heterocycles. The van der Waals surface area contributed by atoms with E-state index >= 15 is 0 Å². The zero-order valence-corrected chi connectivity index (χ0v) is 16.1. The van der Waals surface area contributed by atoms with Gasteiger partial charge < -0.3 is 4.90 Å². The average Bonchev–Trinajstić information content (AvgIpc) is 3.01. The number of carbonyl (C=O) groups is 1. The van der Waals surface area contributed by atoms with Gasteiger partial charge in [-0.3, -0.25) is 4.79 Å². The van der Waals surface area contributed by atoms with E-state index in [0.29, 0.717) is 17.6 Å². The molecule has 2 atom stereocenters. The highest BCUT2D eigenvalue weighted by Crippen LogP contribution is 2.29. The van der Waals surface area contributed by atoms with Gasteiger partial charge in [0.2, 0.25) is 5.91 Å². The summed E-state index contributed by atoms with van der Waals surface area (Å²) in [5.74, 6) is 1.94. The van der Waals surface area contributed by atoms with E-state index < -0.39 is 0 Å². The molecule has 0 N–H and O–H groups in total. The summed E-state index contributed by atoms with van der Waals surface area (Å²) in [6, 6.07) is 8.40. The number of thiazole rings is 1. The van der Waals surface area contributed by atoms with Crippen molar-refractivity contribution < 1.29 is 4.79 Å². The fourth-order valence-electron chi connectivity index (χ4n) is 3.26. The van der Waals surface area contributed by atoms with Crippen molar-refractivity contribution in [2.75, 3.05) is 18.8 Å². The molecule has 24 heavy (non-hydrogen) atoms. The first-order valence-electron chi connectivity index (χ1n) is 8.44. The number of likely N-dealkylation sites (tertiary alicyclic amines) is 1. The number of nitrogens with zero attached hydrogens (tertiary/aromatic N) is 2. The summed E-state index contributed by atoms with van der Waals surface area (Å²) < 4.78 is 0.969. The van der Waals surface area contributed by atoms with Crippen molar-refractivity contribution in [3.05, 3.63) is 35.2 Å². The Bertz CT molecular complexity index is 686. The molecular formula is C19H24N2OS2. The van der Waals surface area contributed by atoms with Crippen molar-refractivity contribution in [3.8, 4) is 11.3 Å². The summed E-state index contributed by atoms with van der Waals surface area (Å²) in [6.45, 7) is 8.35. The molecule has 1 amide bonds. The lowest BCUT2D eigenvalue weighted by Gasteiger charge is -2.34. The summed E-state index contributed by atoms with van der Waals surface area (Å²) in [5.41, 5.74) is 3.38. The van der Waals surface area contributed by atoms with E-state index in [2.05, 4.69) is 55.4 Å². The standard InChI is InChI=1S/C19H24N2OS2/c1-13-4-6-16(7-5-13)17-11-23-19(20-17)24-12-18(22)21-9-14(2)8-15(3)10-21/h4-7,11,14-15H,8-10,12H2,1-3H3. The van der Waals surface area contributed by atoms with Crippen LogP contribution in [0.25, 0.3) is 11.3 Å². The van der Waals surface area contributed by atoms with Crippen molar-refractivity contribution in [2.24, 2.45) is 11.8 Å². The molecule has 3 rings (SSSR count). The summed E-state index contributed by atoms with van der Waals surface area (Å²) in [5, 5.41) is 2.07. The number of thioether (sulfide) groups is 1. The molecule has 1 aliphatic heterocycles. The van der Waals surface area contributed by atoms with Crippen LogP contribution in [0.5, 0.6) is 0 Å². The zero-order chi connectivity index (χ0) is 17.1. The lowest BCUT2D eigenvalue weighted by atomic mass is 9.92. The second kappa shape index (κ2) is 7.70. The normalized spacial score (nSPS) is 21.0. The summed E-state index contributed by atoms with van der Waals surface area (Å²) in [4.78, 5) is 19.2.